The second kappa shape index (κ2) is 9.99. The quantitative estimate of drug-likeness (QED) is 0.659. The SMILES string of the molecule is C[C@@H](C(=O)NC(C)(C)C)N(Cc1ccccc1Cl)C(=O)CSc1ccccc1. The van der Waals surface area contributed by atoms with Crippen LogP contribution in [-0.4, -0.2) is 34.0 Å². The second-order valence-electron chi connectivity index (χ2n) is 7.63. The Bertz CT molecular complexity index is 806. The van der Waals surface area contributed by atoms with Gasteiger partial charge in [0.1, 0.15) is 6.04 Å². The fraction of sp³-hybridized carbons (Fsp3) is 0.364. The number of benzene rings is 2. The van der Waals surface area contributed by atoms with E-state index in [9.17, 15) is 9.59 Å². The molecule has 150 valence electrons. The van der Waals surface area contributed by atoms with Crippen molar-refractivity contribution in [1.29, 1.82) is 0 Å². The summed E-state index contributed by atoms with van der Waals surface area (Å²) in [4.78, 5) is 28.3. The smallest absolute Gasteiger partial charge is 0.242 e. The molecule has 0 aromatic heterocycles. The average Bonchev–Trinajstić information content (AvgIpc) is 2.64. The number of nitrogens with zero attached hydrogens (tertiary/aromatic N) is 1. The van der Waals surface area contributed by atoms with Gasteiger partial charge in [0.2, 0.25) is 11.8 Å². The summed E-state index contributed by atoms with van der Waals surface area (Å²) in [6, 6.07) is 16.5. The number of amides is 2. The van der Waals surface area contributed by atoms with Gasteiger partial charge in [0.15, 0.2) is 0 Å². The standard InChI is InChI=1S/C22H27ClN2O2S/c1-16(21(27)24-22(2,3)4)25(14-17-10-8-9-13-19(17)23)20(26)15-28-18-11-6-5-7-12-18/h5-13,16H,14-15H2,1-4H3,(H,24,27)/t16-/m0/s1. The number of hydrogen-bond donors (Lipinski definition) is 1. The highest BCUT2D eigenvalue weighted by Crippen LogP contribution is 2.22. The van der Waals surface area contributed by atoms with Gasteiger partial charge in [0, 0.05) is 22.0 Å². The molecule has 2 amide bonds. The van der Waals surface area contributed by atoms with Crippen molar-refractivity contribution in [1.82, 2.24) is 10.2 Å². The maximum Gasteiger partial charge on any atom is 0.242 e. The summed E-state index contributed by atoms with van der Waals surface area (Å²) in [5.41, 5.74) is 0.445. The third kappa shape index (κ3) is 6.88. The predicted molar refractivity (Wildman–Crippen MR) is 117 cm³/mol. The van der Waals surface area contributed by atoms with Crippen LogP contribution in [0.2, 0.25) is 5.02 Å². The highest BCUT2D eigenvalue weighted by atomic mass is 35.5. The van der Waals surface area contributed by atoms with Crippen LogP contribution < -0.4 is 5.32 Å². The molecule has 0 radical (unpaired) electrons. The Kier molecular flexibility index (Phi) is 7.96. The summed E-state index contributed by atoms with van der Waals surface area (Å²) in [6.07, 6.45) is 0. The van der Waals surface area contributed by atoms with Gasteiger partial charge >= 0.3 is 0 Å². The fourth-order valence-electron chi connectivity index (χ4n) is 2.61. The first kappa shape index (κ1) is 22.3. The van der Waals surface area contributed by atoms with Crippen LogP contribution in [0.4, 0.5) is 0 Å². The maximum atomic E-state index is 13.0. The zero-order valence-corrected chi connectivity index (χ0v) is 18.3. The van der Waals surface area contributed by atoms with E-state index in [-0.39, 0.29) is 29.7 Å². The van der Waals surface area contributed by atoms with Gasteiger partial charge < -0.3 is 10.2 Å². The van der Waals surface area contributed by atoms with Gasteiger partial charge in [-0.05, 0) is 51.5 Å². The number of thioether (sulfide) groups is 1. The first-order chi connectivity index (χ1) is 13.2. The zero-order chi connectivity index (χ0) is 20.7. The molecule has 0 heterocycles. The van der Waals surface area contributed by atoms with E-state index in [0.717, 1.165) is 10.5 Å². The van der Waals surface area contributed by atoms with E-state index in [2.05, 4.69) is 5.32 Å². The molecule has 28 heavy (non-hydrogen) atoms. The Balaban J connectivity index is 2.18. The van der Waals surface area contributed by atoms with Crippen molar-refractivity contribution in [3.8, 4) is 0 Å². The summed E-state index contributed by atoms with van der Waals surface area (Å²) in [6.45, 7) is 7.80. The molecule has 0 bridgehead atoms. The van der Waals surface area contributed by atoms with Gasteiger partial charge in [-0.3, -0.25) is 9.59 Å². The summed E-state index contributed by atoms with van der Waals surface area (Å²) in [7, 11) is 0. The van der Waals surface area contributed by atoms with Crippen LogP contribution in [0, 0.1) is 0 Å². The van der Waals surface area contributed by atoms with Gasteiger partial charge in [0.05, 0.1) is 5.75 Å². The fourth-order valence-corrected chi connectivity index (χ4v) is 3.61. The van der Waals surface area contributed by atoms with E-state index in [1.54, 1.807) is 17.9 Å². The van der Waals surface area contributed by atoms with Crippen LogP contribution in [0.25, 0.3) is 0 Å². The molecule has 0 saturated heterocycles. The van der Waals surface area contributed by atoms with E-state index < -0.39 is 6.04 Å². The number of nitrogens with one attached hydrogen (secondary N) is 1. The number of halogens is 1. The topological polar surface area (TPSA) is 49.4 Å². The van der Waals surface area contributed by atoms with Gasteiger partial charge in [0.25, 0.3) is 0 Å². The lowest BCUT2D eigenvalue weighted by Crippen LogP contribution is -2.52. The molecule has 0 aliphatic heterocycles. The molecule has 0 aliphatic carbocycles. The maximum absolute atomic E-state index is 13.0. The molecule has 0 fully saturated rings. The van der Waals surface area contributed by atoms with Crippen LogP contribution in [0.15, 0.2) is 59.5 Å². The Morgan fingerprint density at radius 1 is 1.07 bits per heavy atom. The lowest BCUT2D eigenvalue weighted by atomic mass is 10.1. The van der Waals surface area contributed by atoms with Crippen molar-refractivity contribution >= 4 is 35.2 Å². The van der Waals surface area contributed by atoms with E-state index in [1.807, 2.05) is 69.3 Å². The first-order valence-electron chi connectivity index (χ1n) is 9.20. The van der Waals surface area contributed by atoms with E-state index in [1.165, 1.54) is 11.8 Å². The van der Waals surface area contributed by atoms with Crippen LogP contribution >= 0.6 is 23.4 Å². The molecule has 1 atom stereocenters. The van der Waals surface area contributed by atoms with Gasteiger partial charge in [-0.2, -0.15) is 0 Å². The molecule has 4 nitrogen and oxygen atoms in total. The number of hydrogen-bond acceptors (Lipinski definition) is 3. The zero-order valence-electron chi connectivity index (χ0n) is 16.7. The summed E-state index contributed by atoms with van der Waals surface area (Å²) >= 11 is 7.75. The summed E-state index contributed by atoms with van der Waals surface area (Å²) < 4.78 is 0. The second-order valence-corrected chi connectivity index (χ2v) is 9.09. The highest BCUT2D eigenvalue weighted by Gasteiger charge is 2.28. The van der Waals surface area contributed by atoms with E-state index in [0.29, 0.717) is 5.02 Å². The minimum atomic E-state index is -0.612. The lowest BCUT2D eigenvalue weighted by molar-refractivity contribution is -0.139. The Labute approximate surface area is 176 Å². The molecule has 6 heteroatoms. The Hall–Kier alpha value is -1.98. The van der Waals surface area contributed by atoms with Crippen LogP contribution in [0.3, 0.4) is 0 Å². The molecule has 0 aliphatic rings. The average molecular weight is 419 g/mol. The van der Waals surface area contributed by atoms with Crippen molar-refractivity contribution in [2.45, 2.75) is 50.7 Å². The van der Waals surface area contributed by atoms with Gasteiger partial charge in [-0.25, -0.2) is 0 Å². The van der Waals surface area contributed by atoms with Crippen molar-refractivity contribution < 1.29 is 9.59 Å². The number of carbonyl (C=O) groups excluding carboxylic acids is 2. The molecule has 2 rings (SSSR count). The Morgan fingerprint density at radius 3 is 2.29 bits per heavy atom. The van der Waals surface area contributed by atoms with Crippen molar-refractivity contribution in [3.63, 3.8) is 0 Å². The molecular weight excluding hydrogens is 392 g/mol. The normalized spacial score (nSPS) is 12.3. The third-order valence-electron chi connectivity index (χ3n) is 4.07. The minimum Gasteiger partial charge on any atom is -0.350 e. The molecular formula is C22H27ClN2O2S. The molecule has 2 aromatic rings. The largest absolute Gasteiger partial charge is 0.350 e. The predicted octanol–water partition coefficient (Wildman–Crippen LogP) is 4.76. The lowest BCUT2D eigenvalue weighted by Gasteiger charge is -2.31. The van der Waals surface area contributed by atoms with Crippen molar-refractivity contribution in [2.24, 2.45) is 0 Å². The van der Waals surface area contributed by atoms with Crippen molar-refractivity contribution in [3.05, 3.63) is 65.2 Å². The summed E-state index contributed by atoms with van der Waals surface area (Å²) in [5, 5.41) is 3.54. The number of carbonyl (C=O) groups is 2. The molecule has 2 aromatic carbocycles. The first-order valence-corrected chi connectivity index (χ1v) is 10.6. The third-order valence-corrected chi connectivity index (χ3v) is 5.44. The van der Waals surface area contributed by atoms with Crippen molar-refractivity contribution in [2.75, 3.05) is 5.75 Å². The summed E-state index contributed by atoms with van der Waals surface area (Å²) in [5.74, 6) is -0.0373. The van der Waals surface area contributed by atoms with E-state index >= 15 is 0 Å². The highest BCUT2D eigenvalue weighted by molar-refractivity contribution is 8.00. The molecule has 0 saturated carbocycles. The monoisotopic (exact) mass is 418 g/mol. The van der Waals surface area contributed by atoms with Gasteiger partial charge in [-0.1, -0.05) is 48.0 Å². The molecule has 0 unspecified atom stereocenters. The molecule has 0 spiro atoms. The van der Waals surface area contributed by atoms with E-state index in [4.69, 9.17) is 11.6 Å². The van der Waals surface area contributed by atoms with Crippen LogP contribution in [0.1, 0.15) is 33.3 Å². The minimum absolute atomic E-state index is 0.106. The van der Waals surface area contributed by atoms with Crippen LogP contribution in [-0.2, 0) is 16.1 Å². The van der Waals surface area contributed by atoms with Gasteiger partial charge in [-0.15, -0.1) is 11.8 Å². The van der Waals surface area contributed by atoms with Crippen LogP contribution in [0.5, 0.6) is 0 Å². The Morgan fingerprint density at radius 2 is 1.68 bits per heavy atom. The number of rotatable bonds is 7. The molecule has 1 N–H and O–H groups in total.